The molecular formula is C20H23N3O. The first-order valence-electron chi connectivity index (χ1n) is 8.70. The molecule has 124 valence electrons. The van der Waals surface area contributed by atoms with Crippen LogP contribution in [0.2, 0.25) is 0 Å². The highest BCUT2D eigenvalue weighted by Gasteiger charge is 2.27. The number of aryl methyl sites for hydroxylation is 2. The molecule has 24 heavy (non-hydrogen) atoms. The molecular weight excluding hydrogens is 298 g/mol. The first kappa shape index (κ1) is 15.2. The largest absolute Gasteiger partial charge is 0.442 e. The predicted molar refractivity (Wildman–Crippen MR) is 98.0 cm³/mol. The zero-order chi connectivity index (χ0) is 16.7. The predicted octanol–water partition coefficient (Wildman–Crippen LogP) is 4.37. The van der Waals surface area contributed by atoms with E-state index in [0.717, 1.165) is 53.0 Å². The number of hydrogen-bond donors (Lipinski definition) is 2. The van der Waals surface area contributed by atoms with Crippen molar-refractivity contribution in [2.24, 2.45) is 0 Å². The lowest BCUT2D eigenvalue weighted by Crippen LogP contribution is -2.17. The van der Waals surface area contributed by atoms with E-state index >= 15 is 0 Å². The summed E-state index contributed by atoms with van der Waals surface area (Å²) in [6, 6.07) is 10.6. The SMILES string of the molecule is CCc1nc2oc(C)c(-c3ccccc3)c2c(N)c1C1CCCN1. The minimum absolute atomic E-state index is 0.302. The molecule has 1 fully saturated rings. The normalized spacial score (nSPS) is 17.7. The quantitative estimate of drug-likeness (QED) is 0.752. The number of benzene rings is 1. The number of furan rings is 1. The van der Waals surface area contributed by atoms with Gasteiger partial charge in [0.05, 0.1) is 16.8 Å². The molecule has 4 rings (SSSR count). The third-order valence-electron chi connectivity index (χ3n) is 4.98. The van der Waals surface area contributed by atoms with Gasteiger partial charge in [0.15, 0.2) is 0 Å². The molecule has 0 amide bonds. The summed E-state index contributed by atoms with van der Waals surface area (Å²) in [6.07, 6.45) is 3.15. The summed E-state index contributed by atoms with van der Waals surface area (Å²) in [4.78, 5) is 4.82. The van der Waals surface area contributed by atoms with Gasteiger partial charge in [-0.15, -0.1) is 0 Å². The molecule has 3 heterocycles. The van der Waals surface area contributed by atoms with Crippen molar-refractivity contribution in [1.29, 1.82) is 0 Å². The Kier molecular flexibility index (Phi) is 3.77. The first-order valence-corrected chi connectivity index (χ1v) is 8.70. The minimum Gasteiger partial charge on any atom is -0.442 e. The molecule has 4 nitrogen and oxygen atoms in total. The number of rotatable bonds is 3. The van der Waals surface area contributed by atoms with Crippen molar-refractivity contribution in [3.8, 4) is 11.1 Å². The molecule has 0 aliphatic carbocycles. The van der Waals surface area contributed by atoms with Crippen molar-refractivity contribution >= 4 is 16.8 Å². The van der Waals surface area contributed by atoms with Crippen molar-refractivity contribution in [3.05, 3.63) is 47.3 Å². The van der Waals surface area contributed by atoms with E-state index in [9.17, 15) is 0 Å². The number of hydrogen-bond acceptors (Lipinski definition) is 4. The van der Waals surface area contributed by atoms with Crippen LogP contribution in [-0.4, -0.2) is 11.5 Å². The molecule has 1 atom stereocenters. The van der Waals surface area contributed by atoms with Crippen molar-refractivity contribution < 1.29 is 4.42 Å². The van der Waals surface area contributed by atoms with Gasteiger partial charge in [0.1, 0.15) is 5.76 Å². The van der Waals surface area contributed by atoms with Crippen LogP contribution in [-0.2, 0) is 6.42 Å². The smallest absolute Gasteiger partial charge is 0.229 e. The van der Waals surface area contributed by atoms with Gasteiger partial charge in [-0.25, -0.2) is 4.98 Å². The Bertz CT molecular complexity index is 877. The monoisotopic (exact) mass is 321 g/mol. The lowest BCUT2D eigenvalue weighted by atomic mass is 9.95. The molecule has 1 unspecified atom stereocenters. The molecule has 0 spiro atoms. The number of nitrogens with two attached hydrogens (primary N) is 1. The van der Waals surface area contributed by atoms with Gasteiger partial charge in [0.2, 0.25) is 5.71 Å². The van der Waals surface area contributed by atoms with E-state index in [1.807, 2.05) is 25.1 Å². The summed E-state index contributed by atoms with van der Waals surface area (Å²) < 4.78 is 5.98. The molecule has 1 aliphatic rings. The third kappa shape index (κ3) is 2.29. The Morgan fingerprint density at radius 2 is 2.08 bits per heavy atom. The highest BCUT2D eigenvalue weighted by Crippen LogP contribution is 2.42. The molecule has 3 aromatic rings. The lowest BCUT2D eigenvalue weighted by molar-refractivity contribution is 0.565. The molecule has 2 aromatic heterocycles. The number of nitrogens with zero attached hydrogens (tertiary/aromatic N) is 1. The lowest BCUT2D eigenvalue weighted by Gasteiger charge is -2.18. The average molecular weight is 321 g/mol. The van der Waals surface area contributed by atoms with Gasteiger partial charge in [0.25, 0.3) is 0 Å². The molecule has 0 radical (unpaired) electrons. The number of pyridine rings is 1. The molecule has 0 saturated carbocycles. The number of aromatic nitrogens is 1. The van der Waals surface area contributed by atoms with Crippen molar-refractivity contribution in [1.82, 2.24) is 10.3 Å². The van der Waals surface area contributed by atoms with Gasteiger partial charge in [-0.05, 0) is 38.3 Å². The average Bonchev–Trinajstić information content (AvgIpc) is 3.22. The maximum atomic E-state index is 6.69. The standard InChI is InChI=1S/C20H23N3O/c1-3-14-17(15-10-7-11-22-15)19(21)18-16(12(2)24-20(18)23-14)13-8-5-4-6-9-13/h4-6,8-9,15,22H,3,7,10-11H2,1-2H3,(H2,21,23). The summed E-state index contributed by atoms with van der Waals surface area (Å²) in [5.41, 5.74) is 12.6. The zero-order valence-corrected chi connectivity index (χ0v) is 14.2. The second kappa shape index (κ2) is 5.95. The van der Waals surface area contributed by atoms with Crippen LogP contribution in [0.4, 0.5) is 5.69 Å². The van der Waals surface area contributed by atoms with E-state index in [1.165, 1.54) is 12.0 Å². The summed E-state index contributed by atoms with van der Waals surface area (Å²) >= 11 is 0. The molecule has 1 aliphatic heterocycles. The summed E-state index contributed by atoms with van der Waals surface area (Å²) in [5, 5.41) is 4.53. The van der Waals surface area contributed by atoms with Crippen molar-refractivity contribution in [3.63, 3.8) is 0 Å². The Labute approximate surface area is 142 Å². The third-order valence-corrected chi connectivity index (χ3v) is 4.98. The molecule has 1 aromatic carbocycles. The maximum absolute atomic E-state index is 6.69. The Balaban J connectivity index is 2.02. The highest BCUT2D eigenvalue weighted by molar-refractivity contribution is 6.03. The van der Waals surface area contributed by atoms with Crippen LogP contribution in [0.1, 0.15) is 42.8 Å². The van der Waals surface area contributed by atoms with E-state index in [-0.39, 0.29) is 0 Å². The highest BCUT2D eigenvalue weighted by atomic mass is 16.3. The number of nitrogen functional groups attached to an aromatic ring is 1. The van der Waals surface area contributed by atoms with Crippen LogP contribution >= 0.6 is 0 Å². The number of fused-ring (bicyclic) bond motifs is 1. The van der Waals surface area contributed by atoms with Gasteiger partial charge in [0, 0.05) is 17.2 Å². The fraction of sp³-hybridized carbons (Fsp3) is 0.350. The molecule has 3 N–H and O–H groups in total. The fourth-order valence-electron chi connectivity index (χ4n) is 3.87. The van der Waals surface area contributed by atoms with Gasteiger partial charge >= 0.3 is 0 Å². The van der Waals surface area contributed by atoms with Gasteiger partial charge in [-0.3, -0.25) is 0 Å². The van der Waals surface area contributed by atoms with E-state index in [2.05, 4.69) is 24.4 Å². The second-order valence-corrected chi connectivity index (χ2v) is 6.47. The fourth-order valence-corrected chi connectivity index (χ4v) is 3.87. The van der Waals surface area contributed by atoms with E-state index in [1.54, 1.807) is 0 Å². The van der Waals surface area contributed by atoms with Crippen LogP contribution in [0.5, 0.6) is 0 Å². The van der Waals surface area contributed by atoms with E-state index in [4.69, 9.17) is 15.1 Å². The first-order chi connectivity index (χ1) is 11.7. The summed E-state index contributed by atoms with van der Waals surface area (Å²) in [7, 11) is 0. The molecule has 4 heteroatoms. The van der Waals surface area contributed by atoms with Crippen LogP contribution in [0.15, 0.2) is 34.7 Å². The topological polar surface area (TPSA) is 64.1 Å². The van der Waals surface area contributed by atoms with Crippen LogP contribution < -0.4 is 11.1 Å². The van der Waals surface area contributed by atoms with Gasteiger partial charge < -0.3 is 15.5 Å². The molecule has 0 bridgehead atoms. The van der Waals surface area contributed by atoms with Crippen LogP contribution in [0, 0.1) is 6.92 Å². The van der Waals surface area contributed by atoms with Crippen LogP contribution in [0.25, 0.3) is 22.2 Å². The second-order valence-electron chi connectivity index (χ2n) is 6.47. The Morgan fingerprint density at radius 1 is 1.29 bits per heavy atom. The van der Waals surface area contributed by atoms with Gasteiger partial charge in [-0.2, -0.15) is 0 Å². The van der Waals surface area contributed by atoms with E-state index in [0.29, 0.717) is 11.8 Å². The minimum atomic E-state index is 0.302. The van der Waals surface area contributed by atoms with Crippen LogP contribution in [0.3, 0.4) is 0 Å². The van der Waals surface area contributed by atoms with E-state index < -0.39 is 0 Å². The maximum Gasteiger partial charge on any atom is 0.229 e. The summed E-state index contributed by atoms with van der Waals surface area (Å²) in [5.74, 6) is 0.869. The number of anilines is 1. The Hall–Kier alpha value is -2.33. The Morgan fingerprint density at radius 3 is 2.75 bits per heavy atom. The summed E-state index contributed by atoms with van der Waals surface area (Å²) in [6.45, 7) is 5.16. The van der Waals surface area contributed by atoms with Crippen molar-refractivity contribution in [2.75, 3.05) is 12.3 Å². The van der Waals surface area contributed by atoms with Gasteiger partial charge in [-0.1, -0.05) is 37.3 Å². The van der Waals surface area contributed by atoms with Crippen molar-refractivity contribution in [2.45, 2.75) is 39.2 Å². The molecule has 1 saturated heterocycles. The zero-order valence-electron chi connectivity index (χ0n) is 14.2. The number of nitrogens with one attached hydrogen (secondary N) is 1.